The molecule has 8 nitrogen and oxygen atoms in total. The predicted molar refractivity (Wildman–Crippen MR) is 78.8 cm³/mol. The molecule has 23 heavy (non-hydrogen) atoms. The van der Waals surface area contributed by atoms with Crippen LogP contribution >= 0.6 is 0 Å². The van der Waals surface area contributed by atoms with E-state index in [1.54, 1.807) is 6.07 Å². The lowest BCUT2D eigenvalue weighted by molar-refractivity contribution is 0.0689. The summed E-state index contributed by atoms with van der Waals surface area (Å²) in [4.78, 5) is 26.1. The summed E-state index contributed by atoms with van der Waals surface area (Å²) < 4.78 is 31.3. The van der Waals surface area contributed by atoms with Gasteiger partial charge in [-0.3, -0.25) is 4.79 Å². The van der Waals surface area contributed by atoms with E-state index in [0.29, 0.717) is 0 Å². The van der Waals surface area contributed by atoms with Gasteiger partial charge in [0.15, 0.2) is 0 Å². The average molecular weight is 336 g/mol. The van der Waals surface area contributed by atoms with Gasteiger partial charge in [0, 0.05) is 6.20 Å². The van der Waals surface area contributed by atoms with E-state index < -0.39 is 21.9 Å². The summed E-state index contributed by atoms with van der Waals surface area (Å²) in [5.74, 6) is -2.09. The van der Waals surface area contributed by atoms with Gasteiger partial charge in [0.1, 0.15) is 16.3 Å². The summed E-state index contributed by atoms with van der Waals surface area (Å²) in [5, 5.41) is 8.73. The average Bonchev–Trinajstić information content (AvgIpc) is 2.54. The van der Waals surface area contributed by atoms with Gasteiger partial charge in [0.05, 0.1) is 12.7 Å². The topological polar surface area (TPSA) is 123 Å². The summed E-state index contributed by atoms with van der Waals surface area (Å²) in [6.07, 6.45) is 0.983. The van der Waals surface area contributed by atoms with Crippen molar-refractivity contribution in [2.45, 2.75) is 4.90 Å². The van der Waals surface area contributed by atoms with Crippen LogP contribution in [-0.4, -0.2) is 37.5 Å². The zero-order valence-corrected chi connectivity index (χ0v) is 12.7. The molecular formula is C14H12N2O6S. The SMILES string of the molecule is COc1ccccc1S(=O)(=O)NC(=O)c1ccc(C(=O)O)nc1. The van der Waals surface area contributed by atoms with Crippen molar-refractivity contribution in [3.8, 4) is 5.75 Å². The molecule has 0 atom stereocenters. The molecule has 0 spiro atoms. The fraction of sp³-hybridized carbons (Fsp3) is 0.0714. The molecule has 2 rings (SSSR count). The Kier molecular flexibility index (Phi) is 4.60. The second-order valence-corrected chi connectivity index (χ2v) is 5.97. The van der Waals surface area contributed by atoms with E-state index >= 15 is 0 Å². The number of para-hydroxylation sites is 1. The first-order valence-corrected chi connectivity index (χ1v) is 7.73. The number of nitrogens with zero attached hydrogens (tertiary/aromatic N) is 1. The molecule has 0 saturated carbocycles. The lowest BCUT2D eigenvalue weighted by atomic mass is 10.2. The lowest BCUT2D eigenvalue weighted by Gasteiger charge is -2.10. The first-order chi connectivity index (χ1) is 10.8. The molecule has 0 saturated heterocycles. The minimum atomic E-state index is -4.15. The van der Waals surface area contributed by atoms with Crippen molar-refractivity contribution in [3.63, 3.8) is 0 Å². The highest BCUT2D eigenvalue weighted by molar-refractivity contribution is 7.90. The highest BCUT2D eigenvalue weighted by Gasteiger charge is 2.22. The molecule has 1 aromatic carbocycles. The monoisotopic (exact) mass is 336 g/mol. The molecular weight excluding hydrogens is 324 g/mol. The van der Waals surface area contributed by atoms with Crippen molar-refractivity contribution in [3.05, 3.63) is 53.9 Å². The molecule has 1 aromatic heterocycles. The lowest BCUT2D eigenvalue weighted by Crippen LogP contribution is -2.31. The Bertz CT molecular complexity index is 846. The standard InChI is InChI=1S/C14H12N2O6S/c1-22-11-4-2-3-5-12(11)23(20,21)16-13(17)9-6-7-10(14(18)19)15-8-9/h2-8H,1H3,(H,16,17)(H,18,19). The number of carboxylic acids is 1. The number of carbonyl (C=O) groups is 2. The quantitative estimate of drug-likeness (QED) is 0.831. The molecule has 1 heterocycles. The molecule has 0 bridgehead atoms. The van der Waals surface area contributed by atoms with E-state index in [1.807, 2.05) is 4.72 Å². The second kappa shape index (κ2) is 6.44. The van der Waals surface area contributed by atoms with Crippen molar-refractivity contribution in [1.29, 1.82) is 0 Å². The third-order valence-corrected chi connectivity index (χ3v) is 4.20. The Morgan fingerprint density at radius 3 is 2.43 bits per heavy atom. The first-order valence-electron chi connectivity index (χ1n) is 6.24. The van der Waals surface area contributed by atoms with E-state index in [-0.39, 0.29) is 21.9 Å². The summed E-state index contributed by atoms with van der Waals surface area (Å²) in [7, 11) is -2.84. The second-order valence-electron chi connectivity index (χ2n) is 4.32. The van der Waals surface area contributed by atoms with E-state index in [1.165, 1.54) is 31.4 Å². The number of carboxylic acid groups (broad SMARTS) is 1. The summed E-state index contributed by atoms with van der Waals surface area (Å²) in [5.41, 5.74) is -0.345. The summed E-state index contributed by atoms with van der Waals surface area (Å²) in [6, 6.07) is 8.10. The van der Waals surface area contributed by atoms with Crippen molar-refractivity contribution in [1.82, 2.24) is 9.71 Å². The molecule has 0 unspecified atom stereocenters. The van der Waals surface area contributed by atoms with Crippen LogP contribution in [0.5, 0.6) is 5.75 Å². The van der Waals surface area contributed by atoms with Crippen LogP contribution in [0.25, 0.3) is 0 Å². The number of pyridine rings is 1. The smallest absolute Gasteiger partial charge is 0.354 e. The number of amides is 1. The van der Waals surface area contributed by atoms with E-state index in [0.717, 1.165) is 12.3 Å². The van der Waals surface area contributed by atoms with Crippen LogP contribution in [0.2, 0.25) is 0 Å². The zero-order chi connectivity index (χ0) is 17.0. The molecule has 0 fully saturated rings. The third-order valence-electron chi connectivity index (χ3n) is 2.83. The Hall–Kier alpha value is -2.94. The minimum absolute atomic E-state index is 0.0894. The number of aromatic nitrogens is 1. The number of nitrogens with one attached hydrogen (secondary N) is 1. The van der Waals surface area contributed by atoms with Gasteiger partial charge in [0.25, 0.3) is 15.9 Å². The fourth-order valence-electron chi connectivity index (χ4n) is 1.73. The van der Waals surface area contributed by atoms with Crippen LogP contribution in [-0.2, 0) is 10.0 Å². The Balaban J connectivity index is 2.26. The molecule has 0 aliphatic carbocycles. The van der Waals surface area contributed by atoms with Crippen molar-refractivity contribution < 1.29 is 27.9 Å². The van der Waals surface area contributed by atoms with Crippen molar-refractivity contribution in [2.24, 2.45) is 0 Å². The maximum Gasteiger partial charge on any atom is 0.354 e. The Labute approximate surface area is 131 Å². The number of rotatable bonds is 5. The van der Waals surface area contributed by atoms with Crippen LogP contribution in [0.15, 0.2) is 47.5 Å². The number of hydrogen-bond acceptors (Lipinski definition) is 6. The molecule has 0 radical (unpaired) electrons. The Morgan fingerprint density at radius 2 is 1.87 bits per heavy atom. The minimum Gasteiger partial charge on any atom is -0.495 e. The van der Waals surface area contributed by atoms with Gasteiger partial charge < -0.3 is 9.84 Å². The van der Waals surface area contributed by atoms with Crippen molar-refractivity contribution in [2.75, 3.05) is 7.11 Å². The molecule has 0 aliphatic heterocycles. The van der Waals surface area contributed by atoms with E-state index in [4.69, 9.17) is 9.84 Å². The maximum atomic E-state index is 12.2. The zero-order valence-electron chi connectivity index (χ0n) is 11.9. The highest BCUT2D eigenvalue weighted by Crippen LogP contribution is 2.22. The number of ether oxygens (including phenoxy) is 1. The number of benzene rings is 1. The number of aromatic carboxylic acids is 1. The first kappa shape index (κ1) is 16.4. The highest BCUT2D eigenvalue weighted by atomic mass is 32.2. The normalized spacial score (nSPS) is 10.8. The van der Waals surface area contributed by atoms with Crippen LogP contribution < -0.4 is 9.46 Å². The molecule has 2 N–H and O–H groups in total. The summed E-state index contributed by atoms with van der Waals surface area (Å²) in [6.45, 7) is 0. The van der Waals surface area contributed by atoms with Gasteiger partial charge >= 0.3 is 5.97 Å². The molecule has 9 heteroatoms. The largest absolute Gasteiger partial charge is 0.495 e. The van der Waals surface area contributed by atoms with Gasteiger partial charge in [-0.1, -0.05) is 12.1 Å². The van der Waals surface area contributed by atoms with Crippen LogP contribution in [0.4, 0.5) is 0 Å². The van der Waals surface area contributed by atoms with Gasteiger partial charge in [0.2, 0.25) is 0 Å². The third kappa shape index (κ3) is 3.64. The van der Waals surface area contributed by atoms with Crippen LogP contribution in [0.3, 0.4) is 0 Å². The van der Waals surface area contributed by atoms with Gasteiger partial charge in [-0.2, -0.15) is 0 Å². The van der Waals surface area contributed by atoms with E-state index in [2.05, 4.69) is 4.98 Å². The number of carbonyl (C=O) groups excluding carboxylic acids is 1. The van der Waals surface area contributed by atoms with Gasteiger partial charge in [-0.15, -0.1) is 0 Å². The molecule has 120 valence electrons. The van der Waals surface area contributed by atoms with Crippen LogP contribution in [0, 0.1) is 0 Å². The number of hydrogen-bond donors (Lipinski definition) is 2. The van der Waals surface area contributed by atoms with Crippen LogP contribution in [0.1, 0.15) is 20.8 Å². The Morgan fingerprint density at radius 1 is 1.17 bits per heavy atom. The van der Waals surface area contributed by atoms with E-state index in [9.17, 15) is 18.0 Å². The molecule has 2 aromatic rings. The maximum absolute atomic E-state index is 12.2. The number of sulfonamides is 1. The van der Waals surface area contributed by atoms with Crippen molar-refractivity contribution >= 4 is 21.9 Å². The van der Waals surface area contributed by atoms with Gasteiger partial charge in [-0.05, 0) is 24.3 Å². The predicted octanol–water partition coefficient (Wildman–Crippen LogP) is 0.907. The summed E-state index contributed by atoms with van der Waals surface area (Å²) >= 11 is 0. The molecule has 0 aliphatic rings. The number of methoxy groups -OCH3 is 1. The molecule has 1 amide bonds. The van der Waals surface area contributed by atoms with Gasteiger partial charge in [-0.25, -0.2) is 22.9 Å². The fourth-order valence-corrected chi connectivity index (χ4v) is 2.88.